The molecule has 31 heavy (non-hydrogen) atoms. The van der Waals surface area contributed by atoms with Crippen LogP contribution in [0.2, 0.25) is 0 Å². The zero-order chi connectivity index (χ0) is 22.0. The van der Waals surface area contributed by atoms with Crippen LogP contribution < -0.4 is 4.72 Å². The Bertz CT molecular complexity index is 1180. The molecule has 3 aromatic rings. The molecule has 0 saturated carbocycles. The Hall–Kier alpha value is -2.29. The molecule has 7 nitrogen and oxygen atoms in total. The first-order valence-corrected chi connectivity index (χ1v) is 12.5. The minimum absolute atomic E-state index is 0.310. The van der Waals surface area contributed by atoms with Crippen LogP contribution in [0.15, 0.2) is 35.4 Å². The van der Waals surface area contributed by atoms with E-state index >= 15 is 0 Å². The van der Waals surface area contributed by atoms with Gasteiger partial charge in [-0.15, -0.1) is 0 Å². The molecule has 0 amide bonds. The number of sulfonamides is 1. The van der Waals surface area contributed by atoms with Crippen molar-refractivity contribution in [3.8, 4) is 11.1 Å². The fourth-order valence-corrected chi connectivity index (χ4v) is 5.60. The Kier molecular flexibility index (Phi) is 6.41. The Morgan fingerprint density at radius 2 is 1.77 bits per heavy atom. The van der Waals surface area contributed by atoms with Crippen LogP contribution in [-0.2, 0) is 10.0 Å². The number of aromatic nitrogens is 3. The topological polar surface area (TPSA) is 79.6 Å². The maximum atomic E-state index is 13.1. The molecule has 1 aliphatic rings. The Balaban J connectivity index is 1.57. The molecule has 4 rings (SSSR count). The molecule has 1 fully saturated rings. The summed E-state index contributed by atoms with van der Waals surface area (Å²) in [4.78, 5) is 7.29. The molecule has 0 unspecified atom stereocenters. The number of likely N-dealkylation sites (tertiary alicyclic amines) is 1. The normalized spacial score (nSPS) is 16.0. The van der Waals surface area contributed by atoms with Gasteiger partial charge in [-0.05, 0) is 70.0 Å². The van der Waals surface area contributed by atoms with Gasteiger partial charge in [-0.2, -0.15) is 5.10 Å². The van der Waals surface area contributed by atoms with Gasteiger partial charge in [-0.25, -0.2) is 22.6 Å². The van der Waals surface area contributed by atoms with Crippen molar-refractivity contribution < 1.29 is 8.42 Å². The molecule has 0 aliphatic carbocycles. The van der Waals surface area contributed by atoms with Crippen molar-refractivity contribution in [1.82, 2.24) is 24.2 Å². The monoisotopic (exact) mass is 441 g/mol. The second-order valence-corrected chi connectivity index (χ2v) is 10.2. The highest BCUT2D eigenvalue weighted by atomic mass is 32.2. The number of hydrogen-bond acceptors (Lipinski definition) is 5. The Morgan fingerprint density at radius 3 is 2.52 bits per heavy atom. The van der Waals surface area contributed by atoms with Crippen LogP contribution >= 0.6 is 0 Å². The van der Waals surface area contributed by atoms with E-state index in [1.807, 2.05) is 39.0 Å². The number of rotatable bonds is 6. The van der Waals surface area contributed by atoms with Crippen LogP contribution in [-0.4, -0.2) is 54.1 Å². The second kappa shape index (κ2) is 9.06. The van der Waals surface area contributed by atoms with E-state index in [1.165, 1.54) is 25.7 Å². The molecule has 1 saturated heterocycles. The fraction of sp³-hybridized carbons (Fsp3) is 0.478. The van der Waals surface area contributed by atoms with E-state index in [0.717, 1.165) is 53.4 Å². The summed E-state index contributed by atoms with van der Waals surface area (Å²) >= 11 is 0. The molecular formula is C23H31N5O2S. The SMILES string of the molecule is Cc1cc(C)n2ncc(-c3ccc(C)c(S(=O)(=O)NCCN4CCCCCC4)c3)c2n1. The molecule has 1 aromatic carbocycles. The van der Waals surface area contributed by atoms with Gasteiger partial charge in [0.2, 0.25) is 10.0 Å². The molecule has 0 spiro atoms. The van der Waals surface area contributed by atoms with Crippen molar-refractivity contribution in [3.05, 3.63) is 47.4 Å². The maximum Gasteiger partial charge on any atom is 0.240 e. The van der Waals surface area contributed by atoms with Gasteiger partial charge < -0.3 is 4.90 Å². The summed E-state index contributed by atoms with van der Waals surface area (Å²) < 4.78 is 30.8. The Labute approximate surface area is 184 Å². The van der Waals surface area contributed by atoms with E-state index in [1.54, 1.807) is 16.8 Å². The number of nitrogens with one attached hydrogen (secondary N) is 1. The highest BCUT2D eigenvalue weighted by Gasteiger charge is 2.20. The number of hydrogen-bond donors (Lipinski definition) is 1. The molecule has 1 N–H and O–H groups in total. The van der Waals surface area contributed by atoms with Crippen molar-refractivity contribution in [2.75, 3.05) is 26.2 Å². The maximum absolute atomic E-state index is 13.1. The number of nitrogens with zero attached hydrogens (tertiary/aromatic N) is 4. The van der Waals surface area contributed by atoms with E-state index in [9.17, 15) is 8.42 Å². The summed E-state index contributed by atoms with van der Waals surface area (Å²) in [6.45, 7) is 9.03. The molecule has 1 aliphatic heterocycles. The molecule has 2 aromatic heterocycles. The van der Waals surface area contributed by atoms with Gasteiger partial charge in [-0.1, -0.05) is 25.0 Å². The predicted octanol–water partition coefficient (Wildman–Crippen LogP) is 3.48. The molecule has 0 radical (unpaired) electrons. The first-order valence-electron chi connectivity index (χ1n) is 11.0. The average Bonchev–Trinajstić information content (AvgIpc) is 2.97. The third-order valence-corrected chi connectivity index (χ3v) is 7.59. The van der Waals surface area contributed by atoms with Crippen molar-refractivity contribution >= 4 is 15.7 Å². The summed E-state index contributed by atoms with van der Waals surface area (Å²) in [6, 6.07) is 7.50. The standard InChI is InChI=1S/C23H31N5O2S/c1-17-8-9-20(21-16-24-28-19(3)14-18(2)26-23(21)28)15-22(17)31(29,30)25-10-13-27-11-6-4-5-7-12-27/h8-9,14-16,25H,4-7,10-13H2,1-3H3. The second-order valence-electron chi connectivity index (χ2n) is 8.47. The minimum Gasteiger partial charge on any atom is -0.302 e. The highest BCUT2D eigenvalue weighted by Crippen LogP contribution is 2.28. The lowest BCUT2D eigenvalue weighted by atomic mass is 10.1. The number of fused-ring (bicyclic) bond motifs is 1. The van der Waals surface area contributed by atoms with Crippen LogP contribution in [0, 0.1) is 20.8 Å². The predicted molar refractivity (Wildman–Crippen MR) is 123 cm³/mol. The summed E-state index contributed by atoms with van der Waals surface area (Å²) in [5.41, 5.74) is 4.98. The fourth-order valence-electron chi connectivity index (χ4n) is 4.31. The molecule has 3 heterocycles. The van der Waals surface area contributed by atoms with E-state index in [4.69, 9.17) is 0 Å². The largest absolute Gasteiger partial charge is 0.302 e. The highest BCUT2D eigenvalue weighted by molar-refractivity contribution is 7.89. The average molecular weight is 442 g/mol. The van der Waals surface area contributed by atoms with E-state index in [-0.39, 0.29) is 0 Å². The lowest BCUT2D eigenvalue weighted by Crippen LogP contribution is -2.35. The van der Waals surface area contributed by atoms with E-state index < -0.39 is 10.0 Å². The van der Waals surface area contributed by atoms with Crippen molar-refractivity contribution in [2.45, 2.75) is 51.3 Å². The lowest BCUT2D eigenvalue weighted by Gasteiger charge is -2.20. The summed E-state index contributed by atoms with van der Waals surface area (Å²) in [6.07, 6.45) is 6.68. The van der Waals surface area contributed by atoms with Gasteiger partial charge in [0.15, 0.2) is 5.65 Å². The molecule has 166 valence electrons. The quantitative estimate of drug-likeness (QED) is 0.634. The van der Waals surface area contributed by atoms with Gasteiger partial charge in [-0.3, -0.25) is 0 Å². The molecule has 0 bridgehead atoms. The third-order valence-electron chi connectivity index (χ3n) is 5.99. The van der Waals surface area contributed by atoms with Gasteiger partial charge in [0.1, 0.15) is 0 Å². The number of aryl methyl sites for hydroxylation is 3. The summed E-state index contributed by atoms with van der Waals surface area (Å²) in [5, 5.41) is 4.44. The van der Waals surface area contributed by atoms with Crippen LogP contribution in [0.1, 0.15) is 42.6 Å². The molecule has 8 heteroatoms. The zero-order valence-electron chi connectivity index (χ0n) is 18.6. The summed E-state index contributed by atoms with van der Waals surface area (Å²) in [5.74, 6) is 0. The minimum atomic E-state index is -3.61. The van der Waals surface area contributed by atoms with Crippen LogP contribution in [0.5, 0.6) is 0 Å². The van der Waals surface area contributed by atoms with Gasteiger partial charge >= 0.3 is 0 Å². The lowest BCUT2D eigenvalue weighted by molar-refractivity contribution is 0.290. The van der Waals surface area contributed by atoms with Crippen LogP contribution in [0.4, 0.5) is 0 Å². The van der Waals surface area contributed by atoms with Gasteiger partial charge in [0.25, 0.3) is 0 Å². The number of benzene rings is 1. The van der Waals surface area contributed by atoms with E-state index in [2.05, 4.69) is 19.7 Å². The summed E-state index contributed by atoms with van der Waals surface area (Å²) in [7, 11) is -3.61. The van der Waals surface area contributed by atoms with Crippen LogP contribution in [0.25, 0.3) is 16.8 Å². The van der Waals surface area contributed by atoms with Crippen molar-refractivity contribution in [1.29, 1.82) is 0 Å². The Morgan fingerprint density at radius 1 is 1.03 bits per heavy atom. The smallest absolute Gasteiger partial charge is 0.240 e. The van der Waals surface area contributed by atoms with Crippen molar-refractivity contribution in [2.24, 2.45) is 0 Å². The first kappa shape index (κ1) is 21.9. The molecular weight excluding hydrogens is 410 g/mol. The van der Waals surface area contributed by atoms with Crippen molar-refractivity contribution in [3.63, 3.8) is 0 Å². The third kappa shape index (κ3) is 4.81. The van der Waals surface area contributed by atoms with Gasteiger partial charge in [0.05, 0.1) is 11.1 Å². The zero-order valence-corrected chi connectivity index (χ0v) is 19.4. The first-order chi connectivity index (χ1) is 14.8. The molecule has 0 atom stereocenters. The van der Waals surface area contributed by atoms with E-state index in [0.29, 0.717) is 11.4 Å². The van der Waals surface area contributed by atoms with Crippen LogP contribution in [0.3, 0.4) is 0 Å². The van der Waals surface area contributed by atoms with Gasteiger partial charge in [0, 0.05) is 30.0 Å².